The maximum Gasteiger partial charge on any atom is 0.328 e. The Balaban J connectivity index is 1.80. The fraction of sp³-hybridized carbons (Fsp3) is 0.217. The van der Waals surface area contributed by atoms with E-state index in [1.165, 1.54) is 7.11 Å². The number of H-pyrrole nitrogens is 1. The number of para-hydroxylation sites is 1. The van der Waals surface area contributed by atoms with E-state index in [0.29, 0.717) is 6.42 Å². The molecule has 7 nitrogen and oxygen atoms in total. The van der Waals surface area contributed by atoms with Crippen LogP contribution in [0.25, 0.3) is 10.9 Å². The number of anilines is 1. The predicted molar refractivity (Wildman–Crippen MR) is 123 cm³/mol. The standard InChI is InChI=1S/C23H19Cl2N5O2/c1-12-7-9-13(10-8-12)19-18-15(14-5-3-4-6-16(14)26-18)11-17(20(31)32-2)30(19)23-28-21(24)27-22(25)29-23/h3-10,17,19,26H,11H2,1-2H3/t17-,19+/m0/s1. The molecule has 0 bridgehead atoms. The number of nitrogens with zero attached hydrogens (tertiary/aromatic N) is 4. The molecule has 0 fully saturated rings. The lowest BCUT2D eigenvalue weighted by atomic mass is 9.88. The topological polar surface area (TPSA) is 84.0 Å². The molecule has 0 amide bonds. The highest BCUT2D eigenvalue weighted by Gasteiger charge is 2.43. The first-order valence-electron chi connectivity index (χ1n) is 10.1. The Kier molecular flexibility index (Phi) is 5.23. The van der Waals surface area contributed by atoms with Crippen molar-refractivity contribution in [2.45, 2.75) is 25.4 Å². The fourth-order valence-corrected chi connectivity index (χ4v) is 4.73. The Morgan fingerprint density at radius 3 is 2.44 bits per heavy atom. The average Bonchev–Trinajstić information content (AvgIpc) is 3.15. The first-order chi connectivity index (χ1) is 15.5. The Bertz CT molecular complexity index is 1300. The van der Waals surface area contributed by atoms with Crippen LogP contribution in [0.15, 0.2) is 48.5 Å². The van der Waals surface area contributed by atoms with Crippen molar-refractivity contribution in [1.29, 1.82) is 0 Å². The molecule has 1 aliphatic heterocycles. The summed E-state index contributed by atoms with van der Waals surface area (Å²) in [6.45, 7) is 2.03. The zero-order valence-corrected chi connectivity index (χ0v) is 18.9. The van der Waals surface area contributed by atoms with Crippen molar-refractivity contribution in [3.05, 3.63) is 81.5 Å². The quantitative estimate of drug-likeness (QED) is 0.441. The smallest absolute Gasteiger partial charge is 0.328 e. The van der Waals surface area contributed by atoms with E-state index in [-0.39, 0.29) is 16.5 Å². The highest BCUT2D eigenvalue weighted by atomic mass is 35.5. The number of carbonyl (C=O) groups excluding carboxylic acids is 1. The van der Waals surface area contributed by atoms with E-state index in [0.717, 1.165) is 33.3 Å². The van der Waals surface area contributed by atoms with E-state index >= 15 is 0 Å². The number of hydrogen-bond donors (Lipinski definition) is 1. The van der Waals surface area contributed by atoms with Crippen LogP contribution in [0.3, 0.4) is 0 Å². The summed E-state index contributed by atoms with van der Waals surface area (Å²) in [7, 11) is 1.37. The van der Waals surface area contributed by atoms with Gasteiger partial charge in [-0.3, -0.25) is 0 Å². The molecular weight excluding hydrogens is 449 g/mol. The number of esters is 1. The summed E-state index contributed by atoms with van der Waals surface area (Å²) in [6, 6.07) is 15.1. The highest BCUT2D eigenvalue weighted by molar-refractivity contribution is 6.31. The van der Waals surface area contributed by atoms with Gasteiger partial charge >= 0.3 is 5.97 Å². The van der Waals surface area contributed by atoms with Crippen LogP contribution in [0.5, 0.6) is 0 Å². The van der Waals surface area contributed by atoms with Gasteiger partial charge < -0.3 is 14.6 Å². The first-order valence-corrected chi connectivity index (χ1v) is 10.8. The van der Waals surface area contributed by atoms with Gasteiger partial charge in [-0.15, -0.1) is 0 Å². The summed E-state index contributed by atoms with van der Waals surface area (Å²) in [6.07, 6.45) is 0.412. The number of halogens is 2. The zero-order chi connectivity index (χ0) is 22.4. The molecule has 2 atom stereocenters. The summed E-state index contributed by atoms with van der Waals surface area (Å²) in [5.74, 6) is -0.189. The van der Waals surface area contributed by atoms with Gasteiger partial charge in [0, 0.05) is 23.0 Å². The molecule has 0 aliphatic carbocycles. The number of methoxy groups -OCH3 is 1. The number of aryl methyl sites for hydroxylation is 1. The second-order valence-corrected chi connectivity index (χ2v) is 8.38. The van der Waals surface area contributed by atoms with Crippen molar-refractivity contribution in [3.8, 4) is 0 Å². The molecule has 162 valence electrons. The molecular formula is C23H19Cl2N5O2. The lowest BCUT2D eigenvalue weighted by Crippen LogP contribution is -2.50. The minimum Gasteiger partial charge on any atom is -0.467 e. The van der Waals surface area contributed by atoms with Crippen LogP contribution >= 0.6 is 23.2 Å². The fourth-order valence-electron chi connectivity index (χ4n) is 4.38. The van der Waals surface area contributed by atoms with Crippen LogP contribution in [0, 0.1) is 6.92 Å². The highest BCUT2D eigenvalue weighted by Crippen LogP contribution is 2.42. The molecule has 0 saturated heterocycles. The molecule has 4 aromatic rings. The predicted octanol–water partition coefficient (Wildman–Crippen LogP) is 4.66. The number of fused-ring (bicyclic) bond motifs is 3. The van der Waals surface area contributed by atoms with E-state index in [9.17, 15) is 4.79 Å². The minimum atomic E-state index is -0.687. The van der Waals surface area contributed by atoms with E-state index in [1.807, 2.05) is 54.3 Å². The van der Waals surface area contributed by atoms with Crippen molar-refractivity contribution in [2.75, 3.05) is 12.0 Å². The van der Waals surface area contributed by atoms with E-state index < -0.39 is 18.1 Å². The molecule has 0 spiro atoms. The van der Waals surface area contributed by atoms with Gasteiger partial charge in [0.05, 0.1) is 13.2 Å². The largest absolute Gasteiger partial charge is 0.467 e. The Labute approximate surface area is 194 Å². The number of ether oxygens (including phenoxy) is 1. The number of hydrogen-bond acceptors (Lipinski definition) is 6. The molecule has 1 aliphatic rings. The third kappa shape index (κ3) is 3.47. The van der Waals surface area contributed by atoms with Crippen LogP contribution in [0.4, 0.5) is 5.95 Å². The average molecular weight is 468 g/mol. The number of benzene rings is 2. The molecule has 2 aromatic heterocycles. The molecule has 0 radical (unpaired) electrons. The van der Waals surface area contributed by atoms with Gasteiger partial charge in [-0.2, -0.15) is 15.0 Å². The summed E-state index contributed by atoms with van der Waals surface area (Å²) in [5, 5.41) is 0.974. The summed E-state index contributed by atoms with van der Waals surface area (Å²) in [4.78, 5) is 30.9. The molecule has 0 saturated carbocycles. The van der Waals surface area contributed by atoms with Gasteiger partial charge in [0.25, 0.3) is 0 Å². The van der Waals surface area contributed by atoms with Gasteiger partial charge in [-0.05, 0) is 47.3 Å². The lowest BCUT2D eigenvalue weighted by Gasteiger charge is -2.40. The van der Waals surface area contributed by atoms with Crippen molar-refractivity contribution in [3.63, 3.8) is 0 Å². The van der Waals surface area contributed by atoms with Crippen molar-refractivity contribution >= 4 is 46.0 Å². The Morgan fingerprint density at radius 1 is 1.06 bits per heavy atom. The van der Waals surface area contributed by atoms with E-state index in [4.69, 9.17) is 27.9 Å². The van der Waals surface area contributed by atoms with Crippen LogP contribution in [-0.2, 0) is 16.0 Å². The number of nitrogens with one attached hydrogen (secondary N) is 1. The molecule has 1 N–H and O–H groups in total. The van der Waals surface area contributed by atoms with Crippen molar-refractivity contribution in [2.24, 2.45) is 0 Å². The second-order valence-electron chi connectivity index (χ2n) is 7.70. The minimum absolute atomic E-state index is 0.0475. The molecule has 5 rings (SSSR count). The summed E-state index contributed by atoms with van der Waals surface area (Å²) >= 11 is 12.2. The third-order valence-corrected chi connectivity index (χ3v) is 6.14. The van der Waals surface area contributed by atoms with E-state index in [2.05, 4.69) is 26.0 Å². The number of aromatic nitrogens is 4. The van der Waals surface area contributed by atoms with Gasteiger partial charge in [-0.25, -0.2) is 4.79 Å². The van der Waals surface area contributed by atoms with Crippen molar-refractivity contribution in [1.82, 2.24) is 19.9 Å². The van der Waals surface area contributed by atoms with Crippen LogP contribution in [0.1, 0.15) is 28.4 Å². The Hall–Kier alpha value is -3.16. The van der Waals surface area contributed by atoms with Gasteiger partial charge in [0.15, 0.2) is 0 Å². The maximum atomic E-state index is 13.0. The molecule has 9 heteroatoms. The monoisotopic (exact) mass is 467 g/mol. The summed E-state index contributed by atoms with van der Waals surface area (Å²) in [5.41, 5.74) is 5.10. The van der Waals surface area contributed by atoms with Gasteiger partial charge in [0.2, 0.25) is 16.5 Å². The number of rotatable bonds is 3. The number of aromatic amines is 1. The van der Waals surface area contributed by atoms with E-state index in [1.54, 1.807) is 0 Å². The molecule has 0 unspecified atom stereocenters. The molecule has 32 heavy (non-hydrogen) atoms. The first kappa shape index (κ1) is 20.7. The lowest BCUT2D eigenvalue weighted by molar-refractivity contribution is -0.142. The SMILES string of the molecule is COC(=O)[C@@H]1Cc2c([nH]c3ccccc23)[C@@H](c2ccc(C)cc2)N1c1nc(Cl)nc(Cl)n1. The number of carbonyl (C=O) groups is 1. The van der Waals surface area contributed by atoms with Gasteiger partial charge in [0.1, 0.15) is 6.04 Å². The Morgan fingerprint density at radius 2 is 1.75 bits per heavy atom. The van der Waals surface area contributed by atoms with Crippen molar-refractivity contribution < 1.29 is 9.53 Å². The van der Waals surface area contributed by atoms with Crippen LogP contribution in [0.2, 0.25) is 10.6 Å². The third-order valence-electron chi connectivity index (χ3n) is 5.80. The van der Waals surface area contributed by atoms with Crippen LogP contribution in [-0.4, -0.2) is 39.1 Å². The molecule has 3 heterocycles. The normalized spacial score (nSPS) is 17.9. The summed E-state index contributed by atoms with van der Waals surface area (Å²) < 4.78 is 5.18. The van der Waals surface area contributed by atoms with Crippen LogP contribution < -0.4 is 4.90 Å². The maximum absolute atomic E-state index is 13.0. The second kappa shape index (κ2) is 8.07. The molecule has 2 aromatic carbocycles. The van der Waals surface area contributed by atoms with Gasteiger partial charge in [-0.1, -0.05) is 48.0 Å². The zero-order valence-electron chi connectivity index (χ0n) is 17.3.